The lowest BCUT2D eigenvalue weighted by Crippen LogP contribution is -2.66. The molecule has 1 aliphatic rings. The predicted octanol–water partition coefficient (Wildman–Crippen LogP) is 0.132. The molecule has 1 aliphatic heterocycles. The maximum atomic E-state index is 10.2. The monoisotopic (exact) mass is 261 g/mol. The normalized spacial score (nSPS) is 38.2. The molecule has 0 amide bonds. The lowest BCUT2D eigenvalue weighted by molar-refractivity contribution is -0.225. The molecule has 0 radical (unpaired) electrons. The average Bonchev–Trinajstić information content (AvgIpc) is 2.31. The van der Waals surface area contributed by atoms with Gasteiger partial charge >= 0.3 is 0 Å². The minimum absolute atomic E-state index is 0.188. The second kappa shape index (κ2) is 5.84. The molecule has 1 saturated heterocycles. The van der Waals surface area contributed by atoms with Gasteiger partial charge in [0.05, 0.1) is 18.8 Å². The third kappa shape index (κ3) is 2.70. The Balaban J connectivity index is 2.96. The summed E-state index contributed by atoms with van der Waals surface area (Å²) in [5.41, 5.74) is 5.90. The number of ether oxygens (including phenoxy) is 2. The van der Waals surface area contributed by atoms with Crippen LogP contribution in [-0.4, -0.2) is 54.4 Å². The van der Waals surface area contributed by atoms with Crippen LogP contribution < -0.4 is 5.73 Å². The third-order valence-corrected chi connectivity index (χ3v) is 4.44. The van der Waals surface area contributed by atoms with Gasteiger partial charge in [0.15, 0.2) is 0 Å². The van der Waals surface area contributed by atoms with Crippen LogP contribution in [-0.2, 0) is 9.47 Å². The number of methoxy groups -OCH3 is 1. The Kier molecular flexibility index (Phi) is 5.14. The fourth-order valence-corrected chi connectivity index (χ4v) is 2.41. The van der Waals surface area contributed by atoms with Crippen molar-refractivity contribution in [2.45, 2.75) is 58.2 Å². The number of hydrogen-bond donors (Lipinski definition) is 3. The molecule has 1 rings (SSSR count). The van der Waals surface area contributed by atoms with Gasteiger partial charge < -0.3 is 25.4 Å². The Hall–Kier alpha value is -0.200. The molecule has 1 heterocycles. The first kappa shape index (κ1) is 15.9. The van der Waals surface area contributed by atoms with E-state index in [0.717, 1.165) is 0 Å². The van der Waals surface area contributed by atoms with E-state index in [4.69, 9.17) is 15.2 Å². The minimum Gasteiger partial charge on any atom is -0.394 e. The Morgan fingerprint density at radius 1 is 1.39 bits per heavy atom. The van der Waals surface area contributed by atoms with Gasteiger partial charge in [-0.05, 0) is 11.3 Å². The second-order valence-corrected chi connectivity index (χ2v) is 6.02. The first-order valence-electron chi connectivity index (χ1n) is 6.50. The Morgan fingerprint density at radius 2 is 1.94 bits per heavy atom. The van der Waals surface area contributed by atoms with Gasteiger partial charge in [-0.1, -0.05) is 27.7 Å². The fourth-order valence-electron chi connectivity index (χ4n) is 2.41. The molecule has 0 aromatic carbocycles. The topological polar surface area (TPSA) is 84.9 Å². The molecule has 0 aromatic heterocycles. The van der Waals surface area contributed by atoms with Crippen molar-refractivity contribution >= 4 is 0 Å². The quantitative estimate of drug-likeness (QED) is 0.670. The van der Waals surface area contributed by atoms with E-state index in [1.54, 1.807) is 0 Å². The van der Waals surface area contributed by atoms with E-state index in [0.29, 0.717) is 5.92 Å². The molecule has 0 aromatic rings. The molecule has 1 fully saturated rings. The van der Waals surface area contributed by atoms with Gasteiger partial charge in [-0.15, -0.1) is 0 Å². The van der Waals surface area contributed by atoms with E-state index in [1.807, 2.05) is 0 Å². The highest BCUT2D eigenvalue weighted by Crippen LogP contribution is 2.38. The average molecular weight is 261 g/mol. The standard InChI is InChI=1S/C13H27NO4/c1-7(2)13(3,4)12-9(14)10(16)11(17-5)8(6-15)18-12/h7-12,15-16H,6,14H2,1-5H3/t8-,9?,10?,11-,12-/m1/s1. The van der Waals surface area contributed by atoms with Crippen molar-refractivity contribution in [3.8, 4) is 0 Å². The van der Waals surface area contributed by atoms with Gasteiger partial charge in [0.2, 0.25) is 0 Å². The summed E-state index contributed by atoms with van der Waals surface area (Å²) in [5, 5.41) is 19.6. The summed E-state index contributed by atoms with van der Waals surface area (Å²) in [6.07, 6.45) is -2.25. The van der Waals surface area contributed by atoms with Crippen molar-refractivity contribution in [2.24, 2.45) is 17.1 Å². The molecule has 5 nitrogen and oxygen atoms in total. The van der Waals surface area contributed by atoms with Crippen LogP contribution in [0.3, 0.4) is 0 Å². The van der Waals surface area contributed by atoms with Crippen molar-refractivity contribution in [1.82, 2.24) is 0 Å². The fraction of sp³-hybridized carbons (Fsp3) is 1.00. The van der Waals surface area contributed by atoms with Crippen LogP contribution in [0.5, 0.6) is 0 Å². The SMILES string of the molecule is CO[C@H]1C(O)C(N)[C@H](C(C)(C)C(C)C)O[C@@H]1CO. The minimum atomic E-state index is -0.830. The summed E-state index contributed by atoms with van der Waals surface area (Å²) in [4.78, 5) is 0. The van der Waals surface area contributed by atoms with Gasteiger partial charge in [0.1, 0.15) is 18.3 Å². The van der Waals surface area contributed by atoms with Crippen molar-refractivity contribution in [2.75, 3.05) is 13.7 Å². The number of nitrogens with two attached hydrogens (primary N) is 1. The number of aliphatic hydroxyl groups is 2. The largest absolute Gasteiger partial charge is 0.394 e. The molecular weight excluding hydrogens is 234 g/mol. The van der Waals surface area contributed by atoms with E-state index in [-0.39, 0.29) is 18.1 Å². The van der Waals surface area contributed by atoms with Crippen LogP contribution in [0.15, 0.2) is 0 Å². The van der Waals surface area contributed by atoms with Crippen molar-refractivity contribution < 1.29 is 19.7 Å². The zero-order valence-electron chi connectivity index (χ0n) is 12.0. The first-order valence-corrected chi connectivity index (χ1v) is 6.50. The highest BCUT2D eigenvalue weighted by atomic mass is 16.6. The third-order valence-electron chi connectivity index (χ3n) is 4.44. The smallest absolute Gasteiger partial charge is 0.113 e. The maximum absolute atomic E-state index is 10.2. The Bertz CT molecular complexity index is 268. The molecule has 18 heavy (non-hydrogen) atoms. The molecule has 0 aliphatic carbocycles. The molecule has 108 valence electrons. The zero-order chi connectivity index (χ0) is 14.1. The summed E-state index contributed by atoms with van der Waals surface area (Å²) < 4.78 is 11.1. The van der Waals surface area contributed by atoms with Crippen LogP contribution in [0.2, 0.25) is 0 Å². The molecule has 0 spiro atoms. The first-order chi connectivity index (χ1) is 8.27. The molecule has 5 atom stereocenters. The van der Waals surface area contributed by atoms with E-state index in [9.17, 15) is 10.2 Å². The molecule has 2 unspecified atom stereocenters. The van der Waals surface area contributed by atoms with Gasteiger partial charge in [0, 0.05) is 7.11 Å². The lowest BCUT2D eigenvalue weighted by Gasteiger charge is -2.49. The number of rotatable bonds is 4. The van der Waals surface area contributed by atoms with Gasteiger partial charge in [-0.25, -0.2) is 0 Å². The van der Waals surface area contributed by atoms with Crippen LogP contribution in [0.4, 0.5) is 0 Å². The van der Waals surface area contributed by atoms with Crippen molar-refractivity contribution in [3.05, 3.63) is 0 Å². The van der Waals surface area contributed by atoms with Crippen molar-refractivity contribution in [1.29, 1.82) is 0 Å². The Morgan fingerprint density at radius 3 is 2.33 bits per heavy atom. The van der Waals surface area contributed by atoms with Crippen LogP contribution in [0.1, 0.15) is 27.7 Å². The van der Waals surface area contributed by atoms with Crippen molar-refractivity contribution in [3.63, 3.8) is 0 Å². The van der Waals surface area contributed by atoms with Gasteiger partial charge in [0.25, 0.3) is 0 Å². The molecule has 0 bridgehead atoms. The molecule has 5 heteroatoms. The number of hydrogen-bond acceptors (Lipinski definition) is 5. The number of aliphatic hydroxyl groups excluding tert-OH is 2. The molecule has 0 saturated carbocycles. The van der Waals surface area contributed by atoms with E-state index in [2.05, 4.69) is 27.7 Å². The second-order valence-electron chi connectivity index (χ2n) is 6.02. The predicted molar refractivity (Wildman–Crippen MR) is 69.1 cm³/mol. The molecular formula is C13H27NO4. The maximum Gasteiger partial charge on any atom is 0.113 e. The van der Waals surface area contributed by atoms with Gasteiger partial charge in [-0.2, -0.15) is 0 Å². The summed E-state index contributed by atoms with van der Waals surface area (Å²) in [6, 6.07) is -0.518. The van der Waals surface area contributed by atoms with Crippen LogP contribution >= 0.6 is 0 Å². The molecule has 4 N–H and O–H groups in total. The van der Waals surface area contributed by atoms with E-state index < -0.39 is 24.4 Å². The van der Waals surface area contributed by atoms with Crippen LogP contribution in [0, 0.1) is 11.3 Å². The summed E-state index contributed by atoms with van der Waals surface area (Å²) in [5.74, 6) is 0.346. The van der Waals surface area contributed by atoms with E-state index >= 15 is 0 Å². The summed E-state index contributed by atoms with van der Waals surface area (Å²) in [7, 11) is 1.49. The lowest BCUT2D eigenvalue weighted by atomic mass is 9.71. The van der Waals surface area contributed by atoms with Crippen LogP contribution in [0.25, 0.3) is 0 Å². The zero-order valence-corrected chi connectivity index (χ0v) is 12.0. The Labute approximate surface area is 109 Å². The van der Waals surface area contributed by atoms with Gasteiger partial charge in [-0.3, -0.25) is 0 Å². The summed E-state index contributed by atoms with van der Waals surface area (Å²) >= 11 is 0. The highest BCUT2D eigenvalue weighted by Gasteiger charge is 2.49. The van der Waals surface area contributed by atoms with E-state index in [1.165, 1.54) is 7.11 Å². The highest BCUT2D eigenvalue weighted by molar-refractivity contribution is 5.01. The summed E-state index contributed by atoms with van der Waals surface area (Å²) in [6.45, 7) is 8.14.